The average Bonchev–Trinajstić information content (AvgIpc) is 3.31. The van der Waals surface area contributed by atoms with Crippen molar-refractivity contribution in [3.8, 4) is 0 Å². The van der Waals surface area contributed by atoms with Gasteiger partial charge in [0.15, 0.2) is 5.78 Å². The first-order valence-electron chi connectivity index (χ1n) is 10.8. The van der Waals surface area contributed by atoms with E-state index in [0.717, 1.165) is 24.2 Å². The van der Waals surface area contributed by atoms with Crippen molar-refractivity contribution in [2.45, 2.75) is 44.8 Å². The molecule has 0 saturated carbocycles. The predicted octanol–water partition coefficient (Wildman–Crippen LogP) is 3.80. The minimum absolute atomic E-state index is 0.163. The topological polar surface area (TPSA) is 55.8 Å². The molecule has 1 fully saturated rings. The molecule has 1 unspecified atom stereocenters. The molecule has 3 rings (SSSR count). The summed E-state index contributed by atoms with van der Waals surface area (Å²) in [7, 11) is 0. The molecule has 1 aliphatic heterocycles. The third-order valence-corrected chi connectivity index (χ3v) is 5.56. The van der Waals surface area contributed by atoms with Gasteiger partial charge >= 0.3 is 5.97 Å². The van der Waals surface area contributed by atoms with Gasteiger partial charge in [0, 0.05) is 19.4 Å². The van der Waals surface area contributed by atoms with Crippen LogP contribution in [-0.2, 0) is 32.1 Å². The van der Waals surface area contributed by atoms with E-state index in [1.54, 1.807) is 6.92 Å². The lowest BCUT2D eigenvalue weighted by Crippen LogP contribution is -2.52. The largest absolute Gasteiger partial charge is 0.462 e. The van der Waals surface area contributed by atoms with Crippen LogP contribution < -0.4 is 0 Å². The van der Waals surface area contributed by atoms with Crippen molar-refractivity contribution in [1.29, 1.82) is 0 Å². The van der Waals surface area contributed by atoms with Crippen molar-refractivity contribution < 1.29 is 19.1 Å². The Morgan fingerprint density at radius 1 is 0.933 bits per heavy atom. The Balaban J connectivity index is 1.79. The maximum atomic E-state index is 13.3. The van der Waals surface area contributed by atoms with Gasteiger partial charge in [0.25, 0.3) is 0 Å². The second-order valence-electron chi connectivity index (χ2n) is 7.73. The number of nitrogens with zero attached hydrogens (tertiary/aromatic N) is 1. The summed E-state index contributed by atoms with van der Waals surface area (Å²) in [4.78, 5) is 28.6. The molecule has 0 bridgehead atoms. The van der Waals surface area contributed by atoms with Gasteiger partial charge in [-0.25, -0.2) is 4.79 Å². The molecule has 0 amide bonds. The number of benzene rings is 2. The lowest BCUT2D eigenvalue weighted by atomic mass is 9.88. The van der Waals surface area contributed by atoms with Gasteiger partial charge in [-0.3, -0.25) is 9.69 Å². The Bertz CT molecular complexity index is 802. The molecule has 160 valence electrons. The second kappa shape index (κ2) is 11.0. The molecule has 2 aromatic rings. The predicted molar refractivity (Wildman–Crippen MR) is 116 cm³/mol. The zero-order chi connectivity index (χ0) is 21.2. The van der Waals surface area contributed by atoms with E-state index < -0.39 is 11.6 Å². The van der Waals surface area contributed by atoms with E-state index in [1.807, 2.05) is 60.7 Å². The van der Waals surface area contributed by atoms with E-state index in [1.165, 1.54) is 12.8 Å². The van der Waals surface area contributed by atoms with E-state index in [4.69, 9.17) is 9.47 Å². The number of carbonyl (C=O) groups is 2. The van der Waals surface area contributed by atoms with Crippen LogP contribution in [0.5, 0.6) is 0 Å². The summed E-state index contributed by atoms with van der Waals surface area (Å²) in [5, 5.41) is 0. The number of ether oxygens (including phenoxy) is 2. The summed E-state index contributed by atoms with van der Waals surface area (Å²) >= 11 is 0. The van der Waals surface area contributed by atoms with E-state index in [0.29, 0.717) is 6.54 Å². The minimum atomic E-state index is -1.64. The lowest BCUT2D eigenvalue weighted by molar-refractivity contribution is -0.179. The maximum absolute atomic E-state index is 13.3. The first-order chi connectivity index (χ1) is 14.6. The highest BCUT2D eigenvalue weighted by atomic mass is 16.6. The Hall–Kier alpha value is -2.50. The molecule has 1 atom stereocenters. The smallest absolute Gasteiger partial charge is 0.346 e. The zero-order valence-electron chi connectivity index (χ0n) is 17.7. The van der Waals surface area contributed by atoms with E-state index in [2.05, 4.69) is 4.90 Å². The Kier molecular flexibility index (Phi) is 8.17. The van der Waals surface area contributed by atoms with E-state index in [-0.39, 0.29) is 31.8 Å². The van der Waals surface area contributed by atoms with Gasteiger partial charge in [-0.1, -0.05) is 67.6 Å². The summed E-state index contributed by atoms with van der Waals surface area (Å²) in [5.41, 5.74) is 0.129. The van der Waals surface area contributed by atoms with Gasteiger partial charge in [-0.15, -0.1) is 0 Å². The van der Waals surface area contributed by atoms with Gasteiger partial charge < -0.3 is 9.47 Å². The molecule has 0 radical (unpaired) electrons. The molecule has 1 saturated heterocycles. The fourth-order valence-electron chi connectivity index (χ4n) is 3.81. The highest BCUT2D eigenvalue weighted by molar-refractivity contribution is 6.07. The molecular weight excluding hydrogens is 378 g/mol. The van der Waals surface area contributed by atoms with Crippen LogP contribution in [-0.4, -0.2) is 48.5 Å². The third-order valence-electron chi connectivity index (χ3n) is 5.56. The second-order valence-corrected chi connectivity index (χ2v) is 7.73. The summed E-state index contributed by atoms with van der Waals surface area (Å²) < 4.78 is 11.7. The van der Waals surface area contributed by atoms with Gasteiger partial charge in [0.2, 0.25) is 5.60 Å². The molecule has 5 nitrogen and oxygen atoms in total. The van der Waals surface area contributed by atoms with Crippen molar-refractivity contribution in [2.75, 3.05) is 26.2 Å². The van der Waals surface area contributed by atoms with Gasteiger partial charge in [0.1, 0.15) is 6.61 Å². The van der Waals surface area contributed by atoms with Crippen LogP contribution in [0.25, 0.3) is 0 Å². The number of hydrogen-bond donors (Lipinski definition) is 0. The minimum Gasteiger partial charge on any atom is -0.462 e. The van der Waals surface area contributed by atoms with Crippen molar-refractivity contribution in [2.24, 2.45) is 0 Å². The van der Waals surface area contributed by atoms with E-state index >= 15 is 0 Å². The number of carbonyl (C=O) groups excluding carboxylic acids is 2. The number of likely N-dealkylation sites (tertiary alicyclic amines) is 1. The molecule has 5 heteroatoms. The normalized spacial score (nSPS) is 16.2. The molecule has 1 heterocycles. The lowest BCUT2D eigenvalue weighted by Gasteiger charge is -2.30. The summed E-state index contributed by atoms with van der Waals surface area (Å²) in [6.07, 6.45) is 2.72. The highest BCUT2D eigenvalue weighted by Crippen LogP contribution is 2.25. The molecule has 0 N–H and O–H groups in total. The fraction of sp³-hybridized carbons (Fsp3) is 0.440. The molecule has 0 aliphatic carbocycles. The quantitative estimate of drug-likeness (QED) is 0.417. The Morgan fingerprint density at radius 3 is 2.13 bits per heavy atom. The van der Waals surface area contributed by atoms with Crippen LogP contribution in [0.15, 0.2) is 60.7 Å². The van der Waals surface area contributed by atoms with Crippen molar-refractivity contribution in [3.63, 3.8) is 0 Å². The first-order valence-corrected chi connectivity index (χ1v) is 10.8. The van der Waals surface area contributed by atoms with E-state index in [9.17, 15) is 9.59 Å². The number of ketones is 1. The Morgan fingerprint density at radius 2 is 1.53 bits per heavy atom. The average molecular weight is 410 g/mol. The van der Waals surface area contributed by atoms with Gasteiger partial charge in [0.05, 0.1) is 6.61 Å². The van der Waals surface area contributed by atoms with Crippen molar-refractivity contribution >= 4 is 11.8 Å². The van der Waals surface area contributed by atoms with Crippen LogP contribution in [0.1, 0.15) is 37.3 Å². The highest BCUT2D eigenvalue weighted by Gasteiger charge is 2.47. The number of Topliss-reactive ketones (excluding diaryl/α,β-unsaturated/α-hetero) is 1. The maximum Gasteiger partial charge on any atom is 0.346 e. The molecular formula is C25H31NO4. The molecule has 0 aromatic heterocycles. The Labute approximate surface area is 179 Å². The van der Waals surface area contributed by atoms with Gasteiger partial charge in [-0.2, -0.15) is 0 Å². The number of rotatable bonds is 11. The first kappa shape index (κ1) is 22.2. The third kappa shape index (κ3) is 5.77. The summed E-state index contributed by atoms with van der Waals surface area (Å²) in [5.74, 6) is -0.846. The van der Waals surface area contributed by atoms with Crippen LogP contribution in [0.4, 0.5) is 0 Å². The van der Waals surface area contributed by atoms with Crippen molar-refractivity contribution in [3.05, 3.63) is 71.8 Å². The monoisotopic (exact) mass is 409 g/mol. The van der Waals surface area contributed by atoms with Crippen LogP contribution in [0.2, 0.25) is 0 Å². The number of hydrogen-bond acceptors (Lipinski definition) is 5. The summed E-state index contributed by atoms with van der Waals surface area (Å²) in [6.45, 7) is 4.94. The van der Waals surface area contributed by atoms with Crippen LogP contribution >= 0.6 is 0 Å². The standard InChI is InChI=1S/C25H31NO4/c1-2-23(27)25(19-21-11-5-3-6-12-21,30-20-22-13-7-4-8-14-22)24(28)29-18-17-26-15-9-10-16-26/h3-8,11-14H,2,9-10,15-20H2,1H3. The molecule has 2 aromatic carbocycles. The summed E-state index contributed by atoms with van der Waals surface area (Å²) in [6, 6.07) is 19.1. The van der Waals surface area contributed by atoms with Crippen LogP contribution in [0, 0.1) is 0 Å². The van der Waals surface area contributed by atoms with Crippen molar-refractivity contribution in [1.82, 2.24) is 4.90 Å². The number of esters is 1. The molecule has 0 spiro atoms. The zero-order valence-corrected chi connectivity index (χ0v) is 17.7. The molecule has 1 aliphatic rings. The van der Waals surface area contributed by atoms with Gasteiger partial charge in [-0.05, 0) is 37.1 Å². The molecule has 30 heavy (non-hydrogen) atoms. The van der Waals surface area contributed by atoms with Crippen LogP contribution in [0.3, 0.4) is 0 Å². The fourth-order valence-corrected chi connectivity index (χ4v) is 3.81. The SMILES string of the molecule is CCC(=O)C(Cc1ccccc1)(OCc1ccccc1)C(=O)OCCN1CCCC1.